The standard InChI is InChI=1S/C21H28N4O2.3ClH/c1-22-11-13-25(16-17-5-8-23-9-6-17)12-2-14-27-19-3-4-20-18(15-19)7-10-24-21(20)26;;;/h3-6,8-9,15,22H,2,7,10-14,16H2,1H3,(H,24,26);3*1H. The smallest absolute Gasteiger partial charge is 0.251 e. The van der Waals surface area contributed by atoms with Gasteiger partial charge in [0.05, 0.1) is 6.61 Å². The van der Waals surface area contributed by atoms with Gasteiger partial charge in [0, 0.05) is 50.7 Å². The minimum absolute atomic E-state index is 0. The van der Waals surface area contributed by atoms with E-state index in [1.165, 1.54) is 5.56 Å². The van der Waals surface area contributed by atoms with Crippen molar-refractivity contribution in [2.45, 2.75) is 19.4 Å². The van der Waals surface area contributed by atoms with Crippen LogP contribution in [0.2, 0.25) is 0 Å². The number of rotatable bonds is 10. The zero-order valence-electron chi connectivity index (χ0n) is 17.1. The molecule has 0 aliphatic carbocycles. The van der Waals surface area contributed by atoms with Crippen molar-refractivity contribution in [3.05, 3.63) is 59.4 Å². The molecule has 2 N–H and O–H groups in total. The molecule has 3 rings (SSSR count). The fourth-order valence-corrected chi connectivity index (χ4v) is 3.26. The number of amides is 1. The van der Waals surface area contributed by atoms with E-state index in [1.807, 2.05) is 37.6 Å². The molecule has 0 radical (unpaired) electrons. The molecule has 168 valence electrons. The second-order valence-corrected chi connectivity index (χ2v) is 6.76. The number of hydrogen-bond donors (Lipinski definition) is 2. The lowest BCUT2D eigenvalue weighted by Gasteiger charge is -2.22. The number of pyridine rings is 1. The van der Waals surface area contributed by atoms with Gasteiger partial charge in [0.15, 0.2) is 0 Å². The van der Waals surface area contributed by atoms with Gasteiger partial charge in [-0.2, -0.15) is 0 Å². The second kappa shape index (κ2) is 15.3. The summed E-state index contributed by atoms with van der Waals surface area (Å²) < 4.78 is 5.93. The summed E-state index contributed by atoms with van der Waals surface area (Å²) in [5.41, 5.74) is 3.11. The molecule has 9 heteroatoms. The third-order valence-electron chi connectivity index (χ3n) is 4.72. The molecule has 6 nitrogen and oxygen atoms in total. The monoisotopic (exact) mass is 476 g/mol. The number of carbonyl (C=O) groups excluding carboxylic acids is 1. The summed E-state index contributed by atoms with van der Waals surface area (Å²) in [5, 5.41) is 6.08. The predicted octanol–water partition coefficient (Wildman–Crippen LogP) is 3.12. The number of halogens is 3. The van der Waals surface area contributed by atoms with Gasteiger partial charge in [-0.15, -0.1) is 37.2 Å². The maximum absolute atomic E-state index is 11.8. The lowest BCUT2D eigenvalue weighted by Crippen LogP contribution is -2.32. The highest BCUT2D eigenvalue weighted by Crippen LogP contribution is 2.21. The summed E-state index contributed by atoms with van der Waals surface area (Å²) in [5.74, 6) is 0.860. The molecule has 0 fully saturated rings. The Balaban J connectivity index is 0.00000280. The predicted molar refractivity (Wildman–Crippen MR) is 128 cm³/mol. The van der Waals surface area contributed by atoms with E-state index in [9.17, 15) is 4.79 Å². The fraction of sp³-hybridized carbons (Fsp3) is 0.429. The summed E-state index contributed by atoms with van der Waals surface area (Å²) >= 11 is 0. The van der Waals surface area contributed by atoms with E-state index in [4.69, 9.17) is 4.74 Å². The highest BCUT2D eigenvalue weighted by Gasteiger charge is 2.16. The number of hydrogen-bond acceptors (Lipinski definition) is 5. The largest absolute Gasteiger partial charge is 0.494 e. The fourth-order valence-electron chi connectivity index (χ4n) is 3.26. The summed E-state index contributed by atoms with van der Waals surface area (Å²) in [6.45, 7) is 5.20. The zero-order chi connectivity index (χ0) is 18.9. The van der Waals surface area contributed by atoms with Crippen molar-refractivity contribution in [1.82, 2.24) is 20.5 Å². The Bertz CT molecular complexity index is 750. The lowest BCUT2D eigenvalue weighted by molar-refractivity contribution is 0.0946. The first-order valence-corrected chi connectivity index (χ1v) is 9.56. The van der Waals surface area contributed by atoms with Gasteiger partial charge in [0.1, 0.15) is 5.75 Å². The second-order valence-electron chi connectivity index (χ2n) is 6.76. The number of ether oxygens (including phenoxy) is 1. The molecule has 1 amide bonds. The van der Waals surface area contributed by atoms with Crippen LogP contribution in [0, 0.1) is 0 Å². The van der Waals surface area contributed by atoms with Gasteiger partial charge in [-0.1, -0.05) is 0 Å². The Morgan fingerprint density at radius 1 is 1.13 bits per heavy atom. The van der Waals surface area contributed by atoms with Crippen molar-refractivity contribution < 1.29 is 9.53 Å². The quantitative estimate of drug-likeness (QED) is 0.515. The topological polar surface area (TPSA) is 66.5 Å². The van der Waals surface area contributed by atoms with Crippen LogP contribution >= 0.6 is 37.2 Å². The van der Waals surface area contributed by atoms with Crippen molar-refractivity contribution in [3.8, 4) is 5.75 Å². The minimum Gasteiger partial charge on any atom is -0.494 e. The van der Waals surface area contributed by atoms with Crippen molar-refractivity contribution >= 4 is 43.1 Å². The third-order valence-corrected chi connectivity index (χ3v) is 4.72. The average molecular weight is 478 g/mol. The Morgan fingerprint density at radius 3 is 2.63 bits per heavy atom. The molecule has 1 aliphatic rings. The van der Waals surface area contributed by atoms with E-state index < -0.39 is 0 Å². The molecule has 0 atom stereocenters. The Hall–Kier alpha value is -1.57. The van der Waals surface area contributed by atoms with Crippen LogP contribution in [0.3, 0.4) is 0 Å². The van der Waals surface area contributed by atoms with Crippen LogP contribution in [-0.4, -0.2) is 55.6 Å². The van der Waals surface area contributed by atoms with Crippen molar-refractivity contribution in [2.24, 2.45) is 0 Å². The average Bonchev–Trinajstić information content (AvgIpc) is 2.70. The van der Waals surface area contributed by atoms with E-state index in [1.54, 1.807) is 0 Å². The third kappa shape index (κ3) is 8.66. The number of benzene rings is 1. The van der Waals surface area contributed by atoms with Gasteiger partial charge < -0.3 is 15.4 Å². The van der Waals surface area contributed by atoms with Gasteiger partial charge in [0.25, 0.3) is 5.91 Å². The first kappa shape index (κ1) is 28.4. The van der Waals surface area contributed by atoms with Crippen LogP contribution in [0.5, 0.6) is 5.75 Å². The van der Waals surface area contributed by atoms with E-state index in [2.05, 4.69) is 32.7 Å². The van der Waals surface area contributed by atoms with Crippen molar-refractivity contribution in [1.29, 1.82) is 0 Å². The SMILES string of the molecule is CNCCN(CCCOc1ccc2c(c1)CCNC2=O)Cc1ccncc1.Cl.Cl.Cl. The van der Waals surface area contributed by atoms with Gasteiger partial charge in [-0.05, 0) is 61.3 Å². The summed E-state index contributed by atoms with van der Waals surface area (Å²) in [6.07, 6.45) is 5.49. The Labute approximate surface area is 197 Å². The van der Waals surface area contributed by atoms with Crippen LogP contribution in [0.1, 0.15) is 27.9 Å². The Kier molecular flexibility index (Phi) is 14.5. The molecule has 1 aliphatic heterocycles. The van der Waals surface area contributed by atoms with Crippen molar-refractivity contribution in [3.63, 3.8) is 0 Å². The van der Waals surface area contributed by atoms with E-state index >= 15 is 0 Å². The highest BCUT2D eigenvalue weighted by atomic mass is 35.5. The van der Waals surface area contributed by atoms with Crippen molar-refractivity contribution in [2.75, 3.05) is 39.8 Å². The zero-order valence-corrected chi connectivity index (χ0v) is 19.6. The number of nitrogens with one attached hydrogen (secondary N) is 2. The first-order chi connectivity index (χ1) is 13.3. The normalized spacial score (nSPS) is 12.0. The molecule has 0 saturated carbocycles. The van der Waals surface area contributed by atoms with Crippen LogP contribution in [-0.2, 0) is 13.0 Å². The molecule has 0 spiro atoms. The van der Waals surface area contributed by atoms with Gasteiger partial charge in [0.2, 0.25) is 0 Å². The number of carbonyl (C=O) groups is 1. The number of likely N-dealkylation sites (N-methyl/N-ethyl adjacent to an activating group) is 1. The number of nitrogens with zero attached hydrogens (tertiary/aromatic N) is 2. The van der Waals surface area contributed by atoms with Gasteiger partial charge in [-0.3, -0.25) is 14.7 Å². The lowest BCUT2D eigenvalue weighted by atomic mass is 10.0. The van der Waals surface area contributed by atoms with E-state index in [0.717, 1.165) is 55.9 Å². The minimum atomic E-state index is 0. The van der Waals surface area contributed by atoms with Gasteiger partial charge >= 0.3 is 0 Å². The van der Waals surface area contributed by atoms with Crippen LogP contribution in [0.25, 0.3) is 0 Å². The van der Waals surface area contributed by atoms with Crippen LogP contribution < -0.4 is 15.4 Å². The van der Waals surface area contributed by atoms with Crippen LogP contribution in [0.15, 0.2) is 42.7 Å². The molecule has 0 saturated heterocycles. The first-order valence-electron chi connectivity index (χ1n) is 9.56. The highest BCUT2D eigenvalue weighted by molar-refractivity contribution is 5.96. The molecular formula is C21H31Cl3N4O2. The molecule has 30 heavy (non-hydrogen) atoms. The van der Waals surface area contributed by atoms with Gasteiger partial charge in [-0.25, -0.2) is 0 Å². The molecule has 1 aromatic carbocycles. The summed E-state index contributed by atoms with van der Waals surface area (Å²) in [6, 6.07) is 9.88. The van der Waals surface area contributed by atoms with E-state index in [0.29, 0.717) is 13.2 Å². The number of aromatic nitrogens is 1. The molecule has 0 bridgehead atoms. The molecular weight excluding hydrogens is 447 g/mol. The molecule has 2 heterocycles. The molecule has 2 aromatic rings. The van der Waals surface area contributed by atoms with Crippen LogP contribution in [0.4, 0.5) is 0 Å². The Morgan fingerprint density at radius 2 is 1.90 bits per heavy atom. The maximum Gasteiger partial charge on any atom is 0.251 e. The molecule has 1 aromatic heterocycles. The number of fused-ring (bicyclic) bond motifs is 1. The summed E-state index contributed by atoms with van der Waals surface area (Å²) in [7, 11) is 1.98. The summed E-state index contributed by atoms with van der Waals surface area (Å²) in [4.78, 5) is 18.3. The molecule has 0 unspecified atom stereocenters. The maximum atomic E-state index is 11.8. The van der Waals surface area contributed by atoms with E-state index in [-0.39, 0.29) is 43.1 Å².